The highest BCUT2D eigenvalue weighted by Gasteiger charge is 2.27. The molecule has 0 saturated heterocycles. The predicted octanol–water partition coefficient (Wildman–Crippen LogP) is 2.89. The minimum atomic E-state index is -4.26. The summed E-state index contributed by atoms with van der Waals surface area (Å²) >= 11 is 0. The maximum absolute atomic E-state index is 11.8. The average Bonchev–Trinajstić information content (AvgIpc) is 2.40. The number of benzene rings is 1. The van der Waals surface area contributed by atoms with Crippen LogP contribution in [0.3, 0.4) is 0 Å². The highest BCUT2D eigenvalue weighted by Crippen LogP contribution is 2.14. The van der Waals surface area contributed by atoms with Crippen LogP contribution in [-0.2, 0) is 22.6 Å². The molecule has 0 unspecified atom stereocenters. The fraction of sp³-hybridized carbons (Fsp3) is 0.571. The van der Waals surface area contributed by atoms with E-state index < -0.39 is 12.8 Å². The Bertz CT molecular complexity index is 383. The first-order valence-corrected chi connectivity index (χ1v) is 6.52. The van der Waals surface area contributed by atoms with Gasteiger partial charge in [-0.15, -0.1) is 0 Å². The summed E-state index contributed by atoms with van der Waals surface area (Å²) < 4.78 is 45.4. The topological polar surface area (TPSA) is 30.5 Å². The minimum absolute atomic E-state index is 0.0349. The van der Waals surface area contributed by atoms with Gasteiger partial charge in [0.15, 0.2) is 0 Å². The van der Waals surface area contributed by atoms with Crippen LogP contribution in [0.4, 0.5) is 13.2 Å². The van der Waals surface area contributed by atoms with Crippen molar-refractivity contribution in [2.24, 2.45) is 0 Å². The highest BCUT2D eigenvalue weighted by molar-refractivity contribution is 5.26. The van der Waals surface area contributed by atoms with E-state index in [1.807, 2.05) is 31.2 Å². The summed E-state index contributed by atoms with van der Waals surface area (Å²) in [5, 5.41) is 3.06. The van der Waals surface area contributed by atoms with Gasteiger partial charge < -0.3 is 14.8 Å². The molecule has 0 aliphatic carbocycles. The van der Waals surface area contributed by atoms with Crippen LogP contribution in [0, 0.1) is 0 Å². The van der Waals surface area contributed by atoms with E-state index >= 15 is 0 Å². The zero-order valence-electron chi connectivity index (χ0n) is 11.5. The van der Waals surface area contributed by atoms with E-state index in [0.29, 0.717) is 26.3 Å². The van der Waals surface area contributed by atoms with Gasteiger partial charge in [0.2, 0.25) is 0 Å². The molecule has 0 saturated carbocycles. The highest BCUT2D eigenvalue weighted by atomic mass is 19.4. The van der Waals surface area contributed by atoms with Gasteiger partial charge in [0.1, 0.15) is 6.61 Å². The molecule has 1 rings (SSSR count). The van der Waals surface area contributed by atoms with Crippen molar-refractivity contribution >= 4 is 0 Å². The first kappa shape index (κ1) is 16.9. The molecule has 3 nitrogen and oxygen atoms in total. The molecule has 0 amide bonds. The van der Waals surface area contributed by atoms with Crippen molar-refractivity contribution in [2.45, 2.75) is 26.3 Å². The lowest BCUT2D eigenvalue weighted by atomic mass is 10.1. The number of alkyl halides is 3. The second-order valence-electron chi connectivity index (χ2n) is 4.25. The largest absolute Gasteiger partial charge is 0.411 e. The molecule has 0 spiro atoms. The molecule has 0 aliphatic rings. The third-order valence-corrected chi connectivity index (χ3v) is 2.58. The van der Waals surface area contributed by atoms with Crippen LogP contribution in [-0.4, -0.2) is 32.5 Å². The SMILES string of the molecule is CCOCc1ccccc1CNCCOCC(F)(F)F. The molecule has 0 heterocycles. The van der Waals surface area contributed by atoms with Crippen molar-refractivity contribution in [2.75, 3.05) is 26.4 Å². The normalized spacial score (nSPS) is 11.8. The number of nitrogens with one attached hydrogen (secondary N) is 1. The molecule has 20 heavy (non-hydrogen) atoms. The van der Waals surface area contributed by atoms with Gasteiger partial charge in [-0.05, 0) is 18.1 Å². The van der Waals surface area contributed by atoms with Gasteiger partial charge in [0.25, 0.3) is 0 Å². The third kappa shape index (κ3) is 7.47. The zero-order valence-corrected chi connectivity index (χ0v) is 11.5. The minimum Gasteiger partial charge on any atom is -0.377 e. The first-order chi connectivity index (χ1) is 9.53. The monoisotopic (exact) mass is 291 g/mol. The van der Waals surface area contributed by atoms with Crippen molar-refractivity contribution in [1.29, 1.82) is 0 Å². The maximum Gasteiger partial charge on any atom is 0.411 e. The summed E-state index contributed by atoms with van der Waals surface area (Å²) in [4.78, 5) is 0. The lowest BCUT2D eigenvalue weighted by Gasteiger charge is -2.11. The quantitative estimate of drug-likeness (QED) is 0.710. The Morgan fingerprint density at radius 1 is 1.10 bits per heavy atom. The zero-order chi connectivity index (χ0) is 14.8. The van der Waals surface area contributed by atoms with Gasteiger partial charge in [0.05, 0.1) is 13.2 Å². The van der Waals surface area contributed by atoms with E-state index in [0.717, 1.165) is 11.1 Å². The van der Waals surface area contributed by atoms with Crippen LogP contribution in [0.15, 0.2) is 24.3 Å². The van der Waals surface area contributed by atoms with Crippen LogP contribution < -0.4 is 5.32 Å². The summed E-state index contributed by atoms with van der Waals surface area (Å²) in [5.74, 6) is 0. The number of ether oxygens (including phenoxy) is 2. The Kier molecular flexibility index (Phi) is 7.58. The number of hydrogen-bond donors (Lipinski definition) is 1. The molecule has 0 radical (unpaired) electrons. The average molecular weight is 291 g/mol. The van der Waals surface area contributed by atoms with E-state index in [9.17, 15) is 13.2 Å². The smallest absolute Gasteiger partial charge is 0.377 e. The van der Waals surface area contributed by atoms with Gasteiger partial charge in [0, 0.05) is 19.7 Å². The Morgan fingerprint density at radius 3 is 2.45 bits per heavy atom. The molecule has 1 N–H and O–H groups in total. The van der Waals surface area contributed by atoms with Crippen molar-refractivity contribution in [3.05, 3.63) is 35.4 Å². The molecule has 0 bridgehead atoms. The van der Waals surface area contributed by atoms with E-state index in [2.05, 4.69) is 10.1 Å². The molecule has 0 aromatic heterocycles. The second kappa shape index (κ2) is 8.94. The van der Waals surface area contributed by atoms with Gasteiger partial charge in [-0.1, -0.05) is 24.3 Å². The van der Waals surface area contributed by atoms with E-state index in [1.54, 1.807) is 0 Å². The molecule has 114 valence electrons. The van der Waals surface area contributed by atoms with Gasteiger partial charge in [-0.2, -0.15) is 13.2 Å². The Labute approximate surface area is 117 Å². The van der Waals surface area contributed by atoms with E-state index in [1.165, 1.54) is 0 Å². The summed E-state index contributed by atoms with van der Waals surface area (Å²) in [7, 11) is 0. The lowest BCUT2D eigenvalue weighted by Crippen LogP contribution is -2.24. The Morgan fingerprint density at radius 2 is 1.80 bits per heavy atom. The summed E-state index contributed by atoms with van der Waals surface area (Å²) in [6.07, 6.45) is -4.26. The summed E-state index contributed by atoms with van der Waals surface area (Å²) in [5.41, 5.74) is 2.16. The fourth-order valence-corrected chi connectivity index (χ4v) is 1.64. The second-order valence-corrected chi connectivity index (χ2v) is 4.25. The number of hydrogen-bond acceptors (Lipinski definition) is 3. The van der Waals surface area contributed by atoms with Crippen LogP contribution in [0.2, 0.25) is 0 Å². The molecule has 6 heteroatoms. The fourth-order valence-electron chi connectivity index (χ4n) is 1.64. The summed E-state index contributed by atoms with van der Waals surface area (Å²) in [6, 6.07) is 7.81. The molecule has 1 aromatic rings. The number of halogens is 3. The third-order valence-electron chi connectivity index (χ3n) is 2.58. The molecule has 1 aromatic carbocycles. The van der Waals surface area contributed by atoms with Crippen LogP contribution >= 0.6 is 0 Å². The van der Waals surface area contributed by atoms with Crippen molar-refractivity contribution in [3.63, 3.8) is 0 Å². The molecule has 0 aliphatic heterocycles. The molecular weight excluding hydrogens is 271 g/mol. The van der Waals surface area contributed by atoms with Gasteiger partial charge >= 0.3 is 6.18 Å². The molecule has 0 fully saturated rings. The Balaban J connectivity index is 2.24. The molecule has 0 atom stereocenters. The van der Waals surface area contributed by atoms with Gasteiger partial charge in [-0.3, -0.25) is 0 Å². The standard InChI is InChI=1S/C14H20F3NO2/c1-2-19-10-13-6-4-3-5-12(13)9-18-7-8-20-11-14(15,16)17/h3-6,18H,2,7-11H2,1H3. The van der Waals surface area contributed by atoms with Crippen LogP contribution in [0.1, 0.15) is 18.1 Å². The Hall–Kier alpha value is -1.11. The van der Waals surface area contributed by atoms with Gasteiger partial charge in [-0.25, -0.2) is 0 Å². The lowest BCUT2D eigenvalue weighted by molar-refractivity contribution is -0.173. The maximum atomic E-state index is 11.8. The predicted molar refractivity (Wildman–Crippen MR) is 70.4 cm³/mol. The number of rotatable bonds is 9. The van der Waals surface area contributed by atoms with E-state index in [4.69, 9.17) is 4.74 Å². The first-order valence-electron chi connectivity index (χ1n) is 6.52. The van der Waals surface area contributed by atoms with Crippen molar-refractivity contribution < 1.29 is 22.6 Å². The van der Waals surface area contributed by atoms with Crippen LogP contribution in [0.5, 0.6) is 0 Å². The van der Waals surface area contributed by atoms with Crippen molar-refractivity contribution in [3.8, 4) is 0 Å². The van der Waals surface area contributed by atoms with E-state index in [-0.39, 0.29) is 6.61 Å². The van der Waals surface area contributed by atoms with Crippen LogP contribution in [0.25, 0.3) is 0 Å². The molecular formula is C14H20F3NO2. The summed E-state index contributed by atoms with van der Waals surface area (Å²) in [6.45, 7) is 2.91. The van der Waals surface area contributed by atoms with Crippen molar-refractivity contribution in [1.82, 2.24) is 5.32 Å².